The molecular formula is C15H13BrOS. The molecule has 92 valence electrons. The highest BCUT2D eigenvalue weighted by atomic mass is 79.9. The fourth-order valence-electron chi connectivity index (χ4n) is 1.72. The average molecular weight is 321 g/mol. The molecule has 0 saturated heterocycles. The molecule has 1 nitrogen and oxygen atoms in total. The minimum absolute atomic E-state index is 0.148. The van der Waals surface area contributed by atoms with Crippen LogP contribution < -0.4 is 0 Å². The number of hydrogen-bond acceptors (Lipinski definition) is 2. The van der Waals surface area contributed by atoms with Crippen LogP contribution in [0.3, 0.4) is 0 Å². The molecule has 2 aromatic carbocycles. The van der Waals surface area contributed by atoms with E-state index in [1.165, 1.54) is 0 Å². The molecule has 0 spiro atoms. The van der Waals surface area contributed by atoms with Gasteiger partial charge in [-0.15, -0.1) is 11.8 Å². The normalized spacial score (nSPS) is 10.3. The second kappa shape index (κ2) is 6.21. The predicted molar refractivity (Wildman–Crippen MR) is 80.4 cm³/mol. The van der Waals surface area contributed by atoms with Gasteiger partial charge in [-0.05, 0) is 39.9 Å². The van der Waals surface area contributed by atoms with E-state index in [9.17, 15) is 4.79 Å². The molecule has 18 heavy (non-hydrogen) atoms. The molecule has 0 heterocycles. The molecule has 0 fully saturated rings. The first kappa shape index (κ1) is 13.4. The van der Waals surface area contributed by atoms with E-state index in [1.54, 1.807) is 11.8 Å². The van der Waals surface area contributed by atoms with Gasteiger partial charge < -0.3 is 0 Å². The highest BCUT2D eigenvalue weighted by Crippen LogP contribution is 2.26. The number of ketones is 1. The number of rotatable bonds is 4. The Labute approximate surface area is 120 Å². The Balaban J connectivity index is 2.17. The van der Waals surface area contributed by atoms with Gasteiger partial charge in [0.1, 0.15) is 0 Å². The summed E-state index contributed by atoms with van der Waals surface area (Å²) in [6.07, 6.45) is 2.47. The van der Waals surface area contributed by atoms with Gasteiger partial charge in [0.25, 0.3) is 0 Å². The topological polar surface area (TPSA) is 17.1 Å². The molecule has 0 aromatic heterocycles. The molecule has 0 unspecified atom stereocenters. The highest BCUT2D eigenvalue weighted by Gasteiger charge is 2.09. The van der Waals surface area contributed by atoms with Gasteiger partial charge >= 0.3 is 0 Å². The summed E-state index contributed by atoms with van der Waals surface area (Å²) in [6.45, 7) is 0. The van der Waals surface area contributed by atoms with Crippen molar-refractivity contribution in [2.24, 2.45) is 0 Å². The first-order valence-electron chi connectivity index (χ1n) is 5.61. The molecular weight excluding hydrogens is 308 g/mol. The fourth-order valence-corrected chi connectivity index (χ4v) is 3.05. The Bertz CT molecular complexity index is 552. The van der Waals surface area contributed by atoms with Crippen molar-refractivity contribution in [2.75, 3.05) is 6.26 Å². The molecule has 0 aliphatic carbocycles. The van der Waals surface area contributed by atoms with Crippen LogP contribution in [0, 0.1) is 0 Å². The Hall–Kier alpha value is -1.06. The number of thioether (sulfide) groups is 1. The Morgan fingerprint density at radius 2 is 1.89 bits per heavy atom. The van der Waals surface area contributed by atoms with Crippen LogP contribution in [0.25, 0.3) is 0 Å². The first-order valence-corrected chi connectivity index (χ1v) is 7.63. The minimum Gasteiger partial charge on any atom is -0.294 e. The van der Waals surface area contributed by atoms with Crippen molar-refractivity contribution in [1.29, 1.82) is 0 Å². The summed E-state index contributed by atoms with van der Waals surface area (Å²) < 4.78 is 0.980. The van der Waals surface area contributed by atoms with Crippen molar-refractivity contribution in [3.63, 3.8) is 0 Å². The fraction of sp³-hybridized carbons (Fsp3) is 0.133. The van der Waals surface area contributed by atoms with Crippen LogP contribution in [-0.4, -0.2) is 12.0 Å². The zero-order chi connectivity index (χ0) is 13.0. The van der Waals surface area contributed by atoms with E-state index in [0.29, 0.717) is 6.42 Å². The smallest absolute Gasteiger partial charge is 0.167 e. The molecule has 2 rings (SSSR count). The second-order valence-corrected chi connectivity index (χ2v) is 5.64. The van der Waals surface area contributed by atoms with Crippen LogP contribution in [0.2, 0.25) is 0 Å². The zero-order valence-corrected chi connectivity index (χ0v) is 12.4. The molecule has 0 N–H and O–H groups in total. The summed E-state index contributed by atoms with van der Waals surface area (Å²) in [5.74, 6) is 0.148. The monoisotopic (exact) mass is 320 g/mol. The van der Waals surface area contributed by atoms with E-state index in [4.69, 9.17) is 0 Å². The van der Waals surface area contributed by atoms with Crippen molar-refractivity contribution < 1.29 is 4.79 Å². The van der Waals surface area contributed by atoms with Gasteiger partial charge in [-0.25, -0.2) is 0 Å². The number of carbonyl (C=O) groups excluding carboxylic acids is 1. The van der Waals surface area contributed by atoms with E-state index in [2.05, 4.69) is 15.9 Å². The molecule has 0 aliphatic rings. The summed E-state index contributed by atoms with van der Waals surface area (Å²) in [5.41, 5.74) is 1.80. The van der Waals surface area contributed by atoms with Crippen LogP contribution in [0.1, 0.15) is 15.9 Å². The minimum atomic E-state index is 0.148. The molecule has 3 heteroatoms. The summed E-state index contributed by atoms with van der Waals surface area (Å²) in [5, 5.41) is 0. The van der Waals surface area contributed by atoms with Crippen molar-refractivity contribution in [3.8, 4) is 0 Å². The van der Waals surface area contributed by atoms with Gasteiger partial charge in [0.2, 0.25) is 0 Å². The molecule has 0 amide bonds. The average Bonchev–Trinajstić information content (AvgIpc) is 2.39. The van der Waals surface area contributed by atoms with Gasteiger partial charge in [0.15, 0.2) is 5.78 Å². The van der Waals surface area contributed by atoms with Crippen LogP contribution >= 0.6 is 27.7 Å². The molecule has 2 aromatic rings. The lowest BCUT2D eigenvalue weighted by Gasteiger charge is -2.05. The van der Waals surface area contributed by atoms with Crippen LogP contribution in [0.5, 0.6) is 0 Å². The third kappa shape index (κ3) is 3.24. The van der Waals surface area contributed by atoms with Crippen LogP contribution in [0.4, 0.5) is 0 Å². The van der Waals surface area contributed by atoms with Crippen molar-refractivity contribution in [1.82, 2.24) is 0 Å². The van der Waals surface area contributed by atoms with Crippen LogP contribution in [0.15, 0.2) is 57.9 Å². The molecule has 0 bridgehead atoms. The largest absolute Gasteiger partial charge is 0.294 e. The highest BCUT2D eigenvalue weighted by molar-refractivity contribution is 9.10. The lowest BCUT2D eigenvalue weighted by Crippen LogP contribution is -2.03. The Kier molecular flexibility index (Phi) is 4.61. The SMILES string of the molecule is CSc1ccc(C(=O)Cc2ccccc2)cc1Br. The maximum atomic E-state index is 12.1. The number of carbonyl (C=O) groups is 1. The third-order valence-electron chi connectivity index (χ3n) is 2.68. The Morgan fingerprint density at radius 1 is 1.17 bits per heavy atom. The molecule has 0 saturated carbocycles. The van der Waals surface area contributed by atoms with Crippen molar-refractivity contribution in [3.05, 3.63) is 64.1 Å². The van der Waals surface area contributed by atoms with E-state index in [1.807, 2.05) is 54.8 Å². The summed E-state index contributed by atoms with van der Waals surface area (Å²) in [7, 11) is 0. The molecule has 0 atom stereocenters. The van der Waals surface area contributed by atoms with Crippen LogP contribution in [-0.2, 0) is 6.42 Å². The van der Waals surface area contributed by atoms with E-state index >= 15 is 0 Å². The van der Waals surface area contributed by atoms with Crippen molar-refractivity contribution >= 4 is 33.5 Å². The predicted octanol–water partition coefficient (Wildman–Crippen LogP) is 4.60. The summed E-state index contributed by atoms with van der Waals surface area (Å²) in [4.78, 5) is 13.3. The molecule has 0 radical (unpaired) electrons. The second-order valence-electron chi connectivity index (χ2n) is 3.93. The molecule has 0 aliphatic heterocycles. The lowest BCUT2D eigenvalue weighted by molar-refractivity contribution is 0.0993. The zero-order valence-electron chi connectivity index (χ0n) is 10.0. The van der Waals surface area contributed by atoms with E-state index in [0.717, 1.165) is 20.5 Å². The van der Waals surface area contributed by atoms with Gasteiger partial charge in [-0.1, -0.05) is 36.4 Å². The van der Waals surface area contributed by atoms with Crippen molar-refractivity contribution in [2.45, 2.75) is 11.3 Å². The van der Waals surface area contributed by atoms with E-state index in [-0.39, 0.29) is 5.78 Å². The summed E-state index contributed by atoms with van der Waals surface area (Å²) in [6, 6.07) is 15.6. The lowest BCUT2D eigenvalue weighted by atomic mass is 10.0. The van der Waals surface area contributed by atoms with Gasteiger partial charge in [0.05, 0.1) is 0 Å². The van der Waals surface area contributed by atoms with Gasteiger partial charge in [0, 0.05) is 21.4 Å². The Morgan fingerprint density at radius 3 is 2.50 bits per heavy atom. The number of hydrogen-bond donors (Lipinski definition) is 0. The maximum absolute atomic E-state index is 12.1. The quantitative estimate of drug-likeness (QED) is 0.605. The first-order chi connectivity index (χ1) is 8.70. The number of Topliss-reactive ketones (excluding diaryl/α,β-unsaturated/α-hetero) is 1. The summed E-state index contributed by atoms with van der Waals surface area (Å²) >= 11 is 5.15. The third-order valence-corrected chi connectivity index (χ3v) is 4.40. The number of halogens is 1. The number of benzene rings is 2. The van der Waals surface area contributed by atoms with Gasteiger partial charge in [-0.3, -0.25) is 4.79 Å². The maximum Gasteiger partial charge on any atom is 0.167 e. The van der Waals surface area contributed by atoms with Gasteiger partial charge in [-0.2, -0.15) is 0 Å². The van der Waals surface area contributed by atoms with E-state index < -0.39 is 0 Å². The standard InChI is InChI=1S/C15H13BrOS/c1-18-15-8-7-12(10-13(15)16)14(17)9-11-5-3-2-4-6-11/h2-8,10H,9H2,1H3.